The van der Waals surface area contributed by atoms with Crippen molar-refractivity contribution in [1.82, 2.24) is 9.13 Å². The summed E-state index contributed by atoms with van der Waals surface area (Å²) < 4.78 is 66.7. The van der Waals surface area contributed by atoms with Crippen molar-refractivity contribution in [2.75, 3.05) is 0 Å². The van der Waals surface area contributed by atoms with Crippen LogP contribution in [-0.2, 0) is 0 Å². The second kappa shape index (κ2) is 11.0. The smallest absolute Gasteiger partial charge is 0.137 e. The molecule has 0 spiro atoms. The minimum atomic E-state index is -0.422. The van der Waals surface area contributed by atoms with E-state index in [4.69, 9.17) is 11.3 Å². The summed E-state index contributed by atoms with van der Waals surface area (Å²) in [6, 6.07) is 46.2. The Balaban J connectivity index is 1.06. The minimum absolute atomic E-state index is 0.148. The molecule has 0 aliphatic rings. The molecule has 0 N–H and O–H groups in total. The lowest BCUT2D eigenvalue weighted by Gasteiger charge is -2.09. The first kappa shape index (κ1) is 24.3. The van der Waals surface area contributed by atoms with Gasteiger partial charge < -0.3 is 13.6 Å². The summed E-state index contributed by atoms with van der Waals surface area (Å²) in [4.78, 5) is 0. The van der Waals surface area contributed by atoms with Gasteiger partial charge in [0.2, 0.25) is 0 Å². The Morgan fingerprint density at radius 1 is 0.442 bits per heavy atom. The highest BCUT2D eigenvalue weighted by Crippen LogP contribution is 2.41. The predicted molar refractivity (Wildman–Crippen MR) is 213 cm³/mol. The third-order valence-corrected chi connectivity index (χ3v) is 10.3. The molecular formula is C48H29FN2O. The van der Waals surface area contributed by atoms with Crippen LogP contribution in [-0.4, -0.2) is 9.13 Å². The zero-order valence-electron chi connectivity index (χ0n) is 32.5. The standard InChI is InChI=1S/C48H29FN2O/c49-33-19-21-34(22-20-33)50-42-14-6-4-11-37(42)40-27-31(17-25-44(40)50)32-18-26-45-41(28-32)38-12-5-7-15-43(38)51(45)35-23-24-39-47(29-35)52-46-16-8-13-36(48(39)46)30-9-2-1-3-10-30/h1-29H/i1D,2D,3D,9D,10D. The number of furan rings is 1. The van der Waals surface area contributed by atoms with Crippen molar-refractivity contribution >= 4 is 65.6 Å². The lowest BCUT2D eigenvalue weighted by molar-refractivity contribution is 0.627. The van der Waals surface area contributed by atoms with Crippen molar-refractivity contribution in [2.24, 2.45) is 0 Å². The van der Waals surface area contributed by atoms with E-state index in [0.717, 1.165) is 71.5 Å². The number of rotatable bonds is 4. The molecule has 0 fully saturated rings. The normalized spacial score (nSPS) is 13.3. The predicted octanol–water partition coefficient (Wildman–Crippen LogP) is 13.3. The fraction of sp³-hybridized carbons (Fsp3) is 0. The molecule has 8 aromatic carbocycles. The highest BCUT2D eigenvalue weighted by Gasteiger charge is 2.18. The maximum atomic E-state index is 13.9. The highest BCUT2D eigenvalue weighted by atomic mass is 19.1. The molecule has 11 rings (SSSR count). The number of hydrogen-bond acceptors (Lipinski definition) is 1. The largest absolute Gasteiger partial charge is 0.456 e. The van der Waals surface area contributed by atoms with Gasteiger partial charge in [-0.05, 0) is 101 Å². The van der Waals surface area contributed by atoms with Crippen molar-refractivity contribution < 1.29 is 15.7 Å². The number of hydrogen-bond donors (Lipinski definition) is 0. The first-order chi connectivity index (χ1) is 27.8. The van der Waals surface area contributed by atoms with Gasteiger partial charge in [-0.15, -0.1) is 0 Å². The molecule has 0 radical (unpaired) electrons. The molecule has 4 heteroatoms. The summed E-state index contributed by atoms with van der Waals surface area (Å²) in [6.07, 6.45) is 0. The summed E-state index contributed by atoms with van der Waals surface area (Å²) in [7, 11) is 0. The molecule has 3 heterocycles. The molecule has 11 aromatic rings. The zero-order chi connectivity index (χ0) is 38.7. The molecule has 0 unspecified atom stereocenters. The van der Waals surface area contributed by atoms with Crippen LogP contribution < -0.4 is 0 Å². The van der Waals surface area contributed by atoms with Crippen molar-refractivity contribution in [1.29, 1.82) is 0 Å². The van der Waals surface area contributed by atoms with E-state index in [1.54, 1.807) is 12.1 Å². The van der Waals surface area contributed by atoms with Gasteiger partial charge in [0, 0.05) is 49.8 Å². The van der Waals surface area contributed by atoms with Crippen LogP contribution in [0.5, 0.6) is 0 Å². The maximum Gasteiger partial charge on any atom is 0.137 e. The van der Waals surface area contributed by atoms with Gasteiger partial charge in [-0.25, -0.2) is 4.39 Å². The van der Waals surface area contributed by atoms with Gasteiger partial charge in [0.1, 0.15) is 17.0 Å². The average molecular weight is 674 g/mol. The van der Waals surface area contributed by atoms with Crippen LogP contribution in [0.3, 0.4) is 0 Å². The summed E-state index contributed by atoms with van der Waals surface area (Å²) in [5, 5.41) is 5.93. The van der Waals surface area contributed by atoms with E-state index < -0.39 is 6.04 Å². The van der Waals surface area contributed by atoms with E-state index in [1.165, 1.54) is 12.1 Å². The number of nitrogens with zero attached hydrogens (tertiary/aromatic N) is 2. The van der Waals surface area contributed by atoms with Gasteiger partial charge in [-0.1, -0.05) is 90.9 Å². The molecule has 244 valence electrons. The molecule has 3 aromatic heterocycles. The summed E-state index contributed by atoms with van der Waals surface area (Å²) >= 11 is 0. The Morgan fingerprint density at radius 2 is 1.04 bits per heavy atom. The van der Waals surface area contributed by atoms with Gasteiger partial charge >= 0.3 is 0 Å². The van der Waals surface area contributed by atoms with Crippen LogP contribution in [0.2, 0.25) is 0 Å². The molecule has 0 saturated heterocycles. The molecule has 0 saturated carbocycles. The number of fused-ring (bicyclic) bond motifs is 9. The van der Waals surface area contributed by atoms with E-state index >= 15 is 0 Å². The first-order valence-electron chi connectivity index (χ1n) is 19.6. The summed E-state index contributed by atoms with van der Waals surface area (Å²) in [6.45, 7) is 0. The highest BCUT2D eigenvalue weighted by molar-refractivity contribution is 6.15. The number of benzene rings is 8. The molecule has 0 bridgehead atoms. The second-order valence-corrected chi connectivity index (χ2v) is 13.1. The van der Waals surface area contributed by atoms with Crippen molar-refractivity contribution in [3.63, 3.8) is 0 Å². The van der Waals surface area contributed by atoms with E-state index in [0.29, 0.717) is 22.1 Å². The van der Waals surface area contributed by atoms with Crippen LogP contribution in [0, 0.1) is 5.82 Å². The molecular weight excluding hydrogens is 640 g/mol. The van der Waals surface area contributed by atoms with Crippen molar-refractivity contribution in [3.05, 3.63) is 182 Å². The number of para-hydroxylation sites is 2. The van der Waals surface area contributed by atoms with Crippen LogP contribution in [0.15, 0.2) is 180 Å². The molecule has 0 amide bonds. The van der Waals surface area contributed by atoms with Gasteiger partial charge in [0.15, 0.2) is 0 Å². The fourth-order valence-electron chi connectivity index (χ4n) is 8.00. The average Bonchev–Trinajstić information content (AvgIpc) is 3.90. The molecule has 52 heavy (non-hydrogen) atoms. The van der Waals surface area contributed by atoms with Crippen molar-refractivity contribution in [2.45, 2.75) is 0 Å². The molecule has 0 aliphatic carbocycles. The first-order valence-corrected chi connectivity index (χ1v) is 17.1. The molecule has 0 atom stereocenters. The number of aromatic nitrogens is 2. The quantitative estimate of drug-likeness (QED) is 0.182. The monoisotopic (exact) mass is 673 g/mol. The van der Waals surface area contributed by atoms with Gasteiger partial charge in [-0.2, -0.15) is 0 Å². The summed E-state index contributed by atoms with van der Waals surface area (Å²) in [5.74, 6) is -0.266. The molecule has 0 aliphatic heterocycles. The minimum Gasteiger partial charge on any atom is -0.456 e. The topological polar surface area (TPSA) is 23.0 Å². The van der Waals surface area contributed by atoms with Crippen LogP contribution in [0.4, 0.5) is 4.39 Å². The lowest BCUT2D eigenvalue weighted by atomic mass is 9.99. The third-order valence-electron chi connectivity index (χ3n) is 10.3. The Labute approximate surface area is 305 Å². The van der Waals surface area contributed by atoms with Crippen LogP contribution in [0.1, 0.15) is 6.85 Å². The van der Waals surface area contributed by atoms with E-state index in [2.05, 4.69) is 75.9 Å². The van der Waals surface area contributed by atoms with Crippen LogP contribution in [0.25, 0.3) is 99.2 Å². The van der Waals surface area contributed by atoms with E-state index in [1.807, 2.05) is 54.6 Å². The van der Waals surface area contributed by atoms with Crippen LogP contribution >= 0.6 is 0 Å². The Bertz CT molecular complexity index is 3460. The zero-order valence-corrected chi connectivity index (χ0v) is 27.5. The van der Waals surface area contributed by atoms with Crippen molar-refractivity contribution in [3.8, 4) is 33.6 Å². The SMILES string of the molecule is [2H]c1c([2H])c([2H])c(-c2cccc3oc4cc(-n5c6ccccc6c6cc(-c7ccc8c(c7)c7ccccc7n8-c7ccc(F)cc7)ccc65)ccc4c23)c([2H])c1[2H]. The van der Waals surface area contributed by atoms with E-state index in [9.17, 15) is 4.39 Å². The van der Waals surface area contributed by atoms with E-state index in [-0.39, 0.29) is 35.6 Å². The Hall–Kier alpha value is -6.91. The van der Waals surface area contributed by atoms with Gasteiger partial charge in [0.25, 0.3) is 0 Å². The third kappa shape index (κ3) is 4.25. The van der Waals surface area contributed by atoms with Gasteiger partial charge in [0.05, 0.1) is 28.9 Å². The summed E-state index contributed by atoms with van der Waals surface area (Å²) in [5.41, 5.74) is 10.0. The number of halogens is 1. The lowest BCUT2D eigenvalue weighted by Crippen LogP contribution is -1.94. The Kier molecular flexibility index (Phi) is 5.16. The maximum absolute atomic E-state index is 13.9. The van der Waals surface area contributed by atoms with Gasteiger partial charge in [-0.3, -0.25) is 0 Å². The second-order valence-electron chi connectivity index (χ2n) is 13.1. The Morgan fingerprint density at radius 3 is 1.71 bits per heavy atom. The molecule has 3 nitrogen and oxygen atoms in total. The fourth-order valence-corrected chi connectivity index (χ4v) is 8.00.